The Bertz CT molecular complexity index is 492. The second-order valence-electron chi connectivity index (χ2n) is 5.65. The molecular weight excluding hydrogens is 274 g/mol. The van der Waals surface area contributed by atoms with Crippen molar-refractivity contribution in [3.63, 3.8) is 0 Å². The number of piperidine rings is 1. The van der Waals surface area contributed by atoms with Crippen LogP contribution in [0, 0.1) is 0 Å². The quantitative estimate of drug-likeness (QED) is 0.799. The molecule has 116 valence electrons. The molecule has 0 aromatic heterocycles. The maximum atomic E-state index is 6.07. The smallest absolute Gasteiger partial charge is 0.133 e. The first-order chi connectivity index (χ1) is 10.9. The van der Waals surface area contributed by atoms with Gasteiger partial charge in [0.05, 0.1) is 13.2 Å². The van der Waals surface area contributed by atoms with Crippen LogP contribution in [-0.2, 0) is 22.8 Å². The van der Waals surface area contributed by atoms with Crippen LogP contribution < -0.4 is 0 Å². The van der Waals surface area contributed by atoms with E-state index in [2.05, 4.69) is 24.3 Å². The summed E-state index contributed by atoms with van der Waals surface area (Å²) < 4.78 is 6.07. The Labute approximate surface area is 132 Å². The average molecular weight is 297 g/mol. The molecular formula is C19H23NO2. The van der Waals surface area contributed by atoms with Crippen molar-refractivity contribution in [2.24, 2.45) is 0 Å². The first kappa shape index (κ1) is 15.2. The van der Waals surface area contributed by atoms with Crippen molar-refractivity contribution in [3.05, 3.63) is 71.8 Å². The lowest BCUT2D eigenvalue weighted by Gasteiger charge is -2.34. The largest absolute Gasteiger partial charge is 0.356 e. The fourth-order valence-electron chi connectivity index (χ4n) is 2.69. The molecule has 0 N–H and O–H groups in total. The fraction of sp³-hybridized carbons (Fsp3) is 0.368. The van der Waals surface area contributed by atoms with Gasteiger partial charge in [-0.3, -0.25) is 4.84 Å². The van der Waals surface area contributed by atoms with Crippen LogP contribution in [0.4, 0.5) is 0 Å². The van der Waals surface area contributed by atoms with Crippen molar-refractivity contribution >= 4 is 0 Å². The van der Waals surface area contributed by atoms with Crippen molar-refractivity contribution < 1.29 is 9.57 Å². The van der Waals surface area contributed by atoms with Crippen molar-refractivity contribution in [2.45, 2.75) is 38.7 Å². The predicted molar refractivity (Wildman–Crippen MR) is 86.8 cm³/mol. The summed E-state index contributed by atoms with van der Waals surface area (Å²) >= 11 is 0. The van der Waals surface area contributed by atoms with Gasteiger partial charge in [-0.15, -0.1) is 0 Å². The molecule has 0 amide bonds. The zero-order valence-corrected chi connectivity index (χ0v) is 12.9. The number of rotatable bonds is 6. The van der Waals surface area contributed by atoms with Gasteiger partial charge in [-0.05, 0) is 30.4 Å². The first-order valence-corrected chi connectivity index (χ1v) is 8.01. The standard InChI is InChI=1S/C19H23NO2/c1-3-9-17(10-4-1)15-21-19-13-7-8-14-20(19)22-16-18-11-5-2-6-12-18/h1-6,9-12,19H,7-8,13-16H2. The maximum Gasteiger partial charge on any atom is 0.133 e. The minimum absolute atomic E-state index is 0.0534. The summed E-state index contributed by atoms with van der Waals surface area (Å²) in [6, 6.07) is 20.6. The summed E-state index contributed by atoms with van der Waals surface area (Å²) in [6.07, 6.45) is 3.45. The number of hydroxylamine groups is 2. The van der Waals surface area contributed by atoms with Crippen LogP contribution in [-0.4, -0.2) is 17.8 Å². The third-order valence-corrected chi connectivity index (χ3v) is 3.93. The van der Waals surface area contributed by atoms with Gasteiger partial charge < -0.3 is 4.74 Å². The second-order valence-corrected chi connectivity index (χ2v) is 5.65. The number of hydrogen-bond donors (Lipinski definition) is 0. The monoisotopic (exact) mass is 297 g/mol. The topological polar surface area (TPSA) is 21.7 Å². The van der Waals surface area contributed by atoms with Gasteiger partial charge in [0.2, 0.25) is 0 Å². The molecule has 1 aliphatic heterocycles. The van der Waals surface area contributed by atoms with E-state index in [4.69, 9.17) is 9.57 Å². The average Bonchev–Trinajstić information content (AvgIpc) is 2.61. The first-order valence-electron chi connectivity index (χ1n) is 8.01. The van der Waals surface area contributed by atoms with E-state index >= 15 is 0 Å². The van der Waals surface area contributed by atoms with Crippen LogP contribution >= 0.6 is 0 Å². The van der Waals surface area contributed by atoms with Gasteiger partial charge in [-0.25, -0.2) is 0 Å². The van der Waals surface area contributed by atoms with Gasteiger partial charge in [0.25, 0.3) is 0 Å². The minimum atomic E-state index is 0.0534. The van der Waals surface area contributed by atoms with Gasteiger partial charge in [0.1, 0.15) is 6.23 Å². The van der Waals surface area contributed by atoms with E-state index in [1.807, 2.05) is 41.5 Å². The molecule has 2 aromatic carbocycles. The Morgan fingerprint density at radius 2 is 1.45 bits per heavy atom. The zero-order valence-electron chi connectivity index (χ0n) is 12.9. The van der Waals surface area contributed by atoms with Gasteiger partial charge >= 0.3 is 0 Å². The molecule has 1 unspecified atom stereocenters. The summed E-state index contributed by atoms with van der Waals surface area (Å²) in [5.41, 5.74) is 2.39. The van der Waals surface area contributed by atoms with E-state index < -0.39 is 0 Å². The fourth-order valence-corrected chi connectivity index (χ4v) is 2.69. The van der Waals surface area contributed by atoms with E-state index in [-0.39, 0.29) is 6.23 Å². The molecule has 1 aliphatic rings. The third-order valence-electron chi connectivity index (χ3n) is 3.93. The minimum Gasteiger partial charge on any atom is -0.356 e. The molecule has 1 heterocycles. The van der Waals surface area contributed by atoms with Gasteiger partial charge in [-0.2, -0.15) is 5.06 Å². The normalized spacial score (nSPS) is 19.2. The molecule has 0 bridgehead atoms. The summed E-state index contributed by atoms with van der Waals surface area (Å²) in [5.74, 6) is 0. The summed E-state index contributed by atoms with van der Waals surface area (Å²) in [5, 5.41) is 2.01. The molecule has 0 aliphatic carbocycles. The van der Waals surface area contributed by atoms with Crippen molar-refractivity contribution in [1.82, 2.24) is 5.06 Å². The van der Waals surface area contributed by atoms with E-state index in [1.54, 1.807) is 0 Å². The van der Waals surface area contributed by atoms with Crippen LogP contribution in [0.2, 0.25) is 0 Å². The molecule has 3 rings (SSSR count). The van der Waals surface area contributed by atoms with Crippen LogP contribution in [0.25, 0.3) is 0 Å². The SMILES string of the molecule is c1ccc(COC2CCCCN2OCc2ccccc2)cc1. The summed E-state index contributed by atoms with van der Waals surface area (Å²) in [6.45, 7) is 2.18. The van der Waals surface area contributed by atoms with E-state index in [1.165, 1.54) is 24.0 Å². The Morgan fingerprint density at radius 1 is 0.818 bits per heavy atom. The Kier molecular flexibility index (Phi) is 5.59. The molecule has 1 atom stereocenters. The lowest BCUT2D eigenvalue weighted by Crippen LogP contribution is -2.41. The highest BCUT2D eigenvalue weighted by molar-refractivity contribution is 5.14. The van der Waals surface area contributed by atoms with Crippen LogP contribution in [0.5, 0.6) is 0 Å². The lowest BCUT2D eigenvalue weighted by molar-refractivity contribution is -0.274. The zero-order chi connectivity index (χ0) is 15.0. The maximum absolute atomic E-state index is 6.07. The molecule has 3 nitrogen and oxygen atoms in total. The summed E-state index contributed by atoms with van der Waals surface area (Å²) in [4.78, 5) is 5.98. The highest BCUT2D eigenvalue weighted by Crippen LogP contribution is 2.20. The van der Waals surface area contributed by atoms with E-state index in [9.17, 15) is 0 Å². The Hall–Kier alpha value is -1.68. The molecule has 0 radical (unpaired) electrons. The van der Waals surface area contributed by atoms with Gasteiger partial charge in [0.15, 0.2) is 0 Å². The van der Waals surface area contributed by atoms with E-state index in [0.29, 0.717) is 13.2 Å². The highest BCUT2D eigenvalue weighted by atomic mass is 16.7. The van der Waals surface area contributed by atoms with Crippen molar-refractivity contribution in [2.75, 3.05) is 6.54 Å². The Balaban J connectivity index is 1.52. The Morgan fingerprint density at radius 3 is 2.14 bits per heavy atom. The molecule has 0 spiro atoms. The van der Waals surface area contributed by atoms with E-state index in [0.717, 1.165) is 13.0 Å². The van der Waals surface area contributed by atoms with Crippen molar-refractivity contribution in [3.8, 4) is 0 Å². The molecule has 0 saturated carbocycles. The molecule has 1 fully saturated rings. The molecule has 1 saturated heterocycles. The second kappa shape index (κ2) is 8.08. The summed E-state index contributed by atoms with van der Waals surface area (Å²) in [7, 11) is 0. The number of hydrogen-bond acceptors (Lipinski definition) is 3. The highest BCUT2D eigenvalue weighted by Gasteiger charge is 2.23. The number of ether oxygens (including phenoxy) is 1. The molecule has 2 aromatic rings. The lowest BCUT2D eigenvalue weighted by atomic mass is 10.1. The van der Waals surface area contributed by atoms with Crippen molar-refractivity contribution in [1.29, 1.82) is 0 Å². The third kappa shape index (κ3) is 4.41. The number of benzene rings is 2. The van der Waals surface area contributed by atoms with Crippen LogP contribution in [0.15, 0.2) is 60.7 Å². The van der Waals surface area contributed by atoms with Crippen LogP contribution in [0.1, 0.15) is 30.4 Å². The molecule has 3 heteroatoms. The van der Waals surface area contributed by atoms with Crippen LogP contribution in [0.3, 0.4) is 0 Å². The van der Waals surface area contributed by atoms with Gasteiger partial charge in [-0.1, -0.05) is 60.7 Å². The molecule has 22 heavy (non-hydrogen) atoms. The van der Waals surface area contributed by atoms with Gasteiger partial charge in [0, 0.05) is 6.54 Å². The number of nitrogens with zero attached hydrogens (tertiary/aromatic N) is 1. The predicted octanol–water partition coefficient (Wildman–Crippen LogP) is 4.15.